The molecule has 19 heavy (non-hydrogen) atoms. The van der Waals surface area contributed by atoms with Gasteiger partial charge >= 0.3 is 0 Å². The maximum absolute atomic E-state index is 10.7. The third-order valence-electron chi connectivity index (χ3n) is 4.68. The molecule has 0 spiro atoms. The van der Waals surface area contributed by atoms with Gasteiger partial charge in [-0.3, -0.25) is 0 Å². The molecule has 0 aliphatic heterocycles. The van der Waals surface area contributed by atoms with Gasteiger partial charge in [-0.1, -0.05) is 28.8 Å². The van der Waals surface area contributed by atoms with Crippen molar-refractivity contribution in [3.63, 3.8) is 0 Å². The molecule has 104 valence electrons. The molecule has 2 fully saturated rings. The number of aliphatic hydroxyl groups is 1. The number of benzene rings is 1. The van der Waals surface area contributed by atoms with Crippen molar-refractivity contribution in [1.82, 2.24) is 0 Å². The molecule has 3 heteroatoms. The van der Waals surface area contributed by atoms with E-state index in [0.717, 1.165) is 27.6 Å². The molecule has 0 aromatic heterocycles. The smallest absolute Gasteiger partial charge is 0.125 e. The highest BCUT2D eigenvalue weighted by atomic mass is 79.9. The first-order valence-corrected chi connectivity index (χ1v) is 8.12. The second-order valence-corrected chi connectivity index (χ2v) is 6.67. The summed E-state index contributed by atoms with van der Waals surface area (Å²) < 4.78 is 6.67. The van der Waals surface area contributed by atoms with Crippen LogP contribution in [0.5, 0.6) is 5.75 Å². The van der Waals surface area contributed by atoms with Crippen LogP contribution in [0.15, 0.2) is 22.7 Å². The third kappa shape index (κ3) is 2.55. The van der Waals surface area contributed by atoms with Crippen molar-refractivity contribution in [2.45, 2.75) is 38.7 Å². The highest BCUT2D eigenvalue weighted by Gasteiger charge is 2.54. The predicted octanol–water partition coefficient (Wildman–Crippen LogP) is 4.32. The minimum Gasteiger partial charge on any atom is -0.493 e. The first kappa shape index (κ1) is 13.4. The topological polar surface area (TPSA) is 29.5 Å². The van der Waals surface area contributed by atoms with E-state index in [1.54, 1.807) is 0 Å². The maximum Gasteiger partial charge on any atom is 0.125 e. The summed E-state index contributed by atoms with van der Waals surface area (Å²) in [5, 5.41) is 10.7. The number of aliphatic hydroxyl groups excluding tert-OH is 1. The molecule has 1 aromatic rings. The first-order valence-electron chi connectivity index (χ1n) is 7.32. The van der Waals surface area contributed by atoms with Crippen LogP contribution in [0.1, 0.15) is 44.3 Å². The van der Waals surface area contributed by atoms with Gasteiger partial charge in [-0.05, 0) is 55.7 Å². The molecule has 3 rings (SSSR count). The molecule has 2 aliphatic rings. The zero-order valence-electron chi connectivity index (χ0n) is 11.3. The van der Waals surface area contributed by atoms with Crippen LogP contribution in [-0.2, 0) is 0 Å². The van der Waals surface area contributed by atoms with Crippen LogP contribution in [0.25, 0.3) is 0 Å². The first-order chi connectivity index (χ1) is 9.22. The summed E-state index contributed by atoms with van der Waals surface area (Å²) in [7, 11) is 0. The van der Waals surface area contributed by atoms with E-state index in [-0.39, 0.29) is 6.10 Å². The second-order valence-electron chi connectivity index (χ2n) is 5.75. The summed E-state index contributed by atoms with van der Waals surface area (Å²) in [6.07, 6.45) is 4.89. The summed E-state index contributed by atoms with van der Waals surface area (Å²) in [6, 6.07) is 5.94. The number of hydrogen-bond acceptors (Lipinski definition) is 2. The Balaban J connectivity index is 1.82. The van der Waals surface area contributed by atoms with E-state index in [4.69, 9.17) is 4.74 Å². The highest BCUT2D eigenvalue weighted by molar-refractivity contribution is 9.10. The van der Waals surface area contributed by atoms with Crippen molar-refractivity contribution in [2.24, 2.45) is 17.8 Å². The second kappa shape index (κ2) is 5.45. The largest absolute Gasteiger partial charge is 0.493 e. The Hall–Kier alpha value is -0.540. The van der Waals surface area contributed by atoms with E-state index in [2.05, 4.69) is 15.9 Å². The van der Waals surface area contributed by atoms with Crippen molar-refractivity contribution in [3.8, 4) is 5.75 Å². The molecule has 0 saturated heterocycles. The molecule has 3 atom stereocenters. The Kier molecular flexibility index (Phi) is 3.86. The molecule has 1 aromatic carbocycles. The molecular formula is C16H21BrO2. The standard InChI is InChI=1S/C16H21BrO2/c1-2-19-14-8-7-10(17)9-13(14)16(18)15-11-5-3-4-6-12(11)15/h7-9,11-12,15-16,18H,2-6H2,1H3. The van der Waals surface area contributed by atoms with Crippen LogP contribution in [0.4, 0.5) is 0 Å². The van der Waals surface area contributed by atoms with Crippen LogP contribution >= 0.6 is 15.9 Å². The zero-order valence-corrected chi connectivity index (χ0v) is 12.9. The van der Waals surface area contributed by atoms with Crippen LogP contribution in [0, 0.1) is 17.8 Å². The summed E-state index contributed by atoms with van der Waals surface area (Å²) in [6.45, 7) is 2.62. The maximum atomic E-state index is 10.7. The van der Waals surface area contributed by atoms with Gasteiger partial charge in [0.1, 0.15) is 5.75 Å². The van der Waals surface area contributed by atoms with Crippen molar-refractivity contribution < 1.29 is 9.84 Å². The van der Waals surface area contributed by atoms with E-state index in [1.165, 1.54) is 25.7 Å². The average Bonchev–Trinajstić information content (AvgIpc) is 3.14. The van der Waals surface area contributed by atoms with E-state index < -0.39 is 0 Å². The number of fused-ring (bicyclic) bond motifs is 1. The lowest BCUT2D eigenvalue weighted by Crippen LogP contribution is -2.06. The SMILES string of the molecule is CCOc1ccc(Br)cc1C(O)C1C2CCCCC21. The molecule has 1 N–H and O–H groups in total. The number of halogens is 1. The third-order valence-corrected chi connectivity index (χ3v) is 5.17. The lowest BCUT2D eigenvalue weighted by Gasteiger charge is -2.16. The van der Waals surface area contributed by atoms with E-state index in [1.807, 2.05) is 25.1 Å². The van der Waals surface area contributed by atoms with Gasteiger partial charge in [0.15, 0.2) is 0 Å². The molecule has 2 aliphatic carbocycles. The van der Waals surface area contributed by atoms with E-state index in [0.29, 0.717) is 12.5 Å². The summed E-state index contributed by atoms with van der Waals surface area (Å²) >= 11 is 3.50. The summed E-state index contributed by atoms with van der Waals surface area (Å²) in [5.74, 6) is 2.78. The van der Waals surface area contributed by atoms with Gasteiger partial charge in [0.2, 0.25) is 0 Å². The highest BCUT2D eigenvalue weighted by Crippen LogP contribution is 2.61. The normalized spacial score (nSPS) is 30.6. The van der Waals surface area contributed by atoms with Gasteiger partial charge in [-0.2, -0.15) is 0 Å². The van der Waals surface area contributed by atoms with Crippen LogP contribution in [-0.4, -0.2) is 11.7 Å². The minimum absolute atomic E-state index is 0.368. The van der Waals surface area contributed by atoms with Crippen molar-refractivity contribution in [3.05, 3.63) is 28.2 Å². The minimum atomic E-state index is -0.368. The van der Waals surface area contributed by atoms with Crippen LogP contribution in [0.3, 0.4) is 0 Å². The van der Waals surface area contributed by atoms with Gasteiger partial charge in [0.25, 0.3) is 0 Å². The van der Waals surface area contributed by atoms with E-state index in [9.17, 15) is 5.11 Å². The van der Waals surface area contributed by atoms with Gasteiger partial charge < -0.3 is 9.84 Å². The predicted molar refractivity (Wildman–Crippen MR) is 79.2 cm³/mol. The monoisotopic (exact) mass is 324 g/mol. The van der Waals surface area contributed by atoms with Crippen LogP contribution < -0.4 is 4.74 Å². The molecule has 0 heterocycles. The average molecular weight is 325 g/mol. The van der Waals surface area contributed by atoms with Gasteiger partial charge in [0, 0.05) is 10.0 Å². The Bertz CT molecular complexity index is 448. The molecular weight excluding hydrogens is 304 g/mol. The Morgan fingerprint density at radius 3 is 2.63 bits per heavy atom. The number of hydrogen-bond donors (Lipinski definition) is 1. The lowest BCUT2D eigenvalue weighted by molar-refractivity contribution is 0.137. The molecule has 0 radical (unpaired) electrons. The Morgan fingerprint density at radius 2 is 2.00 bits per heavy atom. The number of rotatable bonds is 4. The van der Waals surface area contributed by atoms with Crippen LogP contribution in [0.2, 0.25) is 0 Å². The summed E-state index contributed by atoms with van der Waals surface area (Å²) in [5.41, 5.74) is 0.954. The fourth-order valence-corrected chi connectivity index (χ4v) is 4.14. The Labute approximate surface area is 123 Å². The number of ether oxygens (including phenoxy) is 1. The quantitative estimate of drug-likeness (QED) is 0.893. The van der Waals surface area contributed by atoms with Crippen molar-refractivity contribution in [2.75, 3.05) is 6.61 Å². The zero-order chi connectivity index (χ0) is 13.4. The van der Waals surface area contributed by atoms with Gasteiger partial charge in [-0.25, -0.2) is 0 Å². The fraction of sp³-hybridized carbons (Fsp3) is 0.625. The van der Waals surface area contributed by atoms with Gasteiger partial charge in [0.05, 0.1) is 12.7 Å². The molecule has 3 unspecified atom stereocenters. The molecule has 2 saturated carbocycles. The summed E-state index contributed by atoms with van der Waals surface area (Å²) in [4.78, 5) is 0. The van der Waals surface area contributed by atoms with E-state index >= 15 is 0 Å². The molecule has 0 amide bonds. The van der Waals surface area contributed by atoms with Gasteiger partial charge in [-0.15, -0.1) is 0 Å². The lowest BCUT2D eigenvalue weighted by atomic mass is 10.0. The fourth-order valence-electron chi connectivity index (χ4n) is 3.76. The Morgan fingerprint density at radius 1 is 1.32 bits per heavy atom. The molecule has 0 bridgehead atoms. The van der Waals surface area contributed by atoms with Crippen molar-refractivity contribution >= 4 is 15.9 Å². The van der Waals surface area contributed by atoms with Crippen molar-refractivity contribution in [1.29, 1.82) is 0 Å². The molecule has 2 nitrogen and oxygen atoms in total.